The highest BCUT2D eigenvalue weighted by Gasteiger charge is 2.30. The second kappa shape index (κ2) is 6.38. The van der Waals surface area contributed by atoms with Gasteiger partial charge >= 0.3 is 6.09 Å². The number of nitrogens with zero attached hydrogens (tertiary/aromatic N) is 1. The van der Waals surface area contributed by atoms with E-state index >= 15 is 0 Å². The quantitative estimate of drug-likeness (QED) is 0.933. The molecule has 0 aromatic heterocycles. The van der Waals surface area contributed by atoms with Crippen molar-refractivity contribution in [1.29, 1.82) is 0 Å². The van der Waals surface area contributed by atoms with E-state index in [9.17, 15) is 9.59 Å². The summed E-state index contributed by atoms with van der Waals surface area (Å²) in [4.78, 5) is 25.2. The maximum atomic E-state index is 11.7. The van der Waals surface area contributed by atoms with Gasteiger partial charge in [0, 0.05) is 31.6 Å². The first kappa shape index (κ1) is 16.3. The molecule has 0 fully saturated rings. The largest absolute Gasteiger partial charge is 0.444 e. The summed E-state index contributed by atoms with van der Waals surface area (Å²) in [5, 5.41) is 2.78. The van der Waals surface area contributed by atoms with Crippen LogP contribution < -0.4 is 10.2 Å². The summed E-state index contributed by atoms with van der Waals surface area (Å²) in [5.41, 5.74) is 1.66. The van der Waals surface area contributed by atoms with Crippen LogP contribution in [0, 0.1) is 0 Å². The molecule has 0 saturated carbocycles. The van der Waals surface area contributed by atoms with Crippen molar-refractivity contribution in [3.63, 3.8) is 0 Å². The number of alkyl carbamates (subject to hydrolysis) is 1. The van der Waals surface area contributed by atoms with Gasteiger partial charge in [-0.15, -0.1) is 0 Å². The third-order valence-corrected chi connectivity index (χ3v) is 3.61. The Labute approximate surface area is 131 Å². The average molecular weight is 304 g/mol. The van der Waals surface area contributed by atoms with Crippen LogP contribution >= 0.6 is 0 Å². The van der Waals surface area contributed by atoms with Crippen LogP contribution in [0.15, 0.2) is 24.3 Å². The fraction of sp³-hybridized carbons (Fsp3) is 0.529. The normalized spacial score (nSPS) is 17.1. The second-order valence-electron chi connectivity index (χ2n) is 6.60. The lowest BCUT2D eigenvalue weighted by molar-refractivity contribution is -0.116. The smallest absolute Gasteiger partial charge is 0.407 e. The van der Waals surface area contributed by atoms with E-state index in [1.54, 1.807) is 11.8 Å². The molecule has 1 heterocycles. The molecule has 0 radical (unpaired) electrons. The lowest BCUT2D eigenvalue weighted by Crippen LogP contribution is -2.34. The zero-order valence-corrected chi connectivity index (χ0v) is 13.7. The number of benzene rings is 1. The Morgan fingerprint density at radius 1 is 1.32 bits per heavy atom. The van der Waals surface area contributed by atoms with E-state index in [-0.39, 0.29) is 11.8 Å². The van der Waals surface area contributed by atoms with Crippen LogP contribution in [-0.4, -0.2) is 30.7 Å². The monoisotopic (exact) mass is 304 g/mol. The van der Waals surface area contributed by atoms with Crippen molar-refractivity contribution in [2.24, 2.45) is 0 Å². The Morgan fingerprint density at radius 3 is 2.64 bits per heavy atom. The van der Waals surface area contributed by atoms with Crippen LogP contribution in [0.25, 0.3) is 0 Å². The van der Waals surface area contributed by atoms with Gasteiger partial charge < -0.3 is 15.0 Å². The highest BCUT2D eigenvalue weighted by Crippen LogP contribution is 2.37. The maximum absolute atomic E-state index is 11.7. The average Bonchev–Trinajstić information content (AvgIpc) is 2.76. The first-order valence-electron chi connectivity index (χ1n) is 7.62. The first-order valence-corrected chi connectivity index (χ1v) is 7.62. The van der Waals surface area contributed by atoms with Crippen LogP contribution in [-0.2, 0) is 9.53 Å². The minimum atomic E-state index is -0.491. The van der Waals surface area contributed by atoms with Crippen molar-refractivity contribution in [2.75, 3.05) is 18.0 Å². The predicted molar refractivity (Wildman–Crippen MR) is 86.1 cm³/mol. The minimum absolute atomic E-state index is 0.0510. The third kappa shape index (κ3) is 4.00. The van der Waals surface area contributed by atoms with Crippen molar-refractivity contribution in [3.05, 3.63) is 29.8 Å². The van der Waals surface area contributed by atoms with Gasteiger partial charge in [-0.1, -0.05) is 18.2 Å². The molecule has 22 heavy (non-hydrogen) atoms. The van der Waals surface area contributed by atoms with Crippen LogP contribution in [0.3, 0.4) is 0 Å². The molecule has 1 N–H and O–H groups in total. The highest BCUT2D eigenvalue weighted by atomic mass is 16.6. The van der Waals surface area contributed by atoms with Gasteiger partial charge in [0.15, 0.2) is 0 Å². The Bertz CT molecular complexity index is 563. The molecule has 1 unspecified atom stereocenters. The number of ether oxygens (including phenoxy) is 1. The van der Waals surface area contributed by atoms with Crippen LogP contribution in [0.4, 0.5) is 10.5 Å². The molecule has 1 aromatic carbocycles. The number of anilines is 1. The van der Waals surface area contributed by atoms with E-state index in [1.165, 1.54) is 5.56 Å². The molecular weight excluding hydrogens is 280 g/mol. The number of nitrogens with one attached hydrogen (secondary N) is 1. The number of carbonyl (C=O) groups excluding carboxylic acids is 2. The van der Waals surface area contributed by atoms with E-state index in [2.05, 4.69) is 11.4 Å². The molecule has 1 aromatic rings. The Morgan fingerprint density at radius 2 is 2.00 bits per heavy atom. The molecule has 5 heteroatoms. The van der Waals surface area contributed by atoms with Crippen molar-refractivity contribution in [1.82, 2.24) is 5.32 Å². The van der Waals surface area contributed by atoms with Crippen molar-refractivity contribution < 1.29 is 14.3 Å². The van der Waals surface area contributed by atoms with E-state index in [1.807, 2.05) is 39.0 Å². The van der Waals surface area contributed by atoms with Crippen molar-refractivity contribution >= 4 is 17.7 Å². The molecule has 1 aliphatic rings. The number of carbonyl (C=O) groups is 2. The number of fused-ring (bicyclic) bond motifs is 1. The Kier molecular flexibility index (Phi) is 4.74. The molecule has 0 spiro atoms. The topological polar surface area (TPSA) is 58.6 Å². The summed E-state index contributed by atoms with van der Waals surface area (Å²) in [5.74, 6) is 0.296. The van der Waals surface area contributed by atoms with E-state index in [0.717, 1.165) is 12.1 Å². The molecule has 1 atom stereocenters. The molecule has 0 aliphatic carbocycles. The van der Waals surface area contributed by atoms with Gasteiger partial charge in [0.25, 0.3) is 0 Å². The summed E-state index contributed by atoms with van der Waals surface area (Å²) in [6.07, 6.45) is 0.377. The summed E-state index contributed by atoms with van der Waals surface area (Å²) in [6.45, 7) is 8.29. The zero-order chi connectivity index (χ0) is 16.3. The van der Waals surface area contributed by atoms with Gasteiger partial charge in [-0.3, -0.25) is 4.79 Å². The highest BCUT2D eigenvalue weighted by molar-refractivity contribution is 5.94. The number of hydrogen-bond donors (Lipinski definition) is 1. The van der Waals surface area contributed by atoms with Gasteiger partial charge in [0.05, 0.1) is 0 Å². The molecule has 2 rings (SSSR count). The molecule has 0 bridgehead atoms. The lowest BCUT2D eigenvalue weighted by atomic mass is 9.98. The number of hydrogen-bond acceptors (Lipinski definition) is 3. The van der Waals surface area contributed by atoms with Gasteiger partial charge in [0.2, 0.25) is 5.91 Å². The summed E-state index contributed by atoms with van der Waals surface area (Å²) in [7, 11) is 0. The summed E-state index contributed by atoms with van der Waals surface area (Å²) in [6, 6.07) is 7.95. The molecule has 2 amide bonds. The third-order valence-electron chi connectivity index (χ3n) is 3.61. The zero-order valence-electron chi connectivity index (χ0n) is 13.7. The van der Waals surface area contributed by atoms with E-state index in [4.69, 9.17) is 4.74 Å². The van der Waals surface area contributed by atoms with Gasteiger partial charge in [0.1, 0.15) is 5.60 Å². The summed E-state index contributed by atoms with van der Waals surface area (Å²) >= 11 is 0. The molecule has 0 saturated heterocycles. The summed E-state index contributed by atoms with van der Waals surface area (Å²) < 4.78 is 5.22. The Hall–Kier alpha value is -2.04. The van der Waals surface area contributed by atoms with Crippen molar-refractivity contribution in [2.45, 2.75) is 45.6 Å². The van der Waals surface area contributed by atoms with Gasteiger partial charge in [-0.25, -0.2) is 4.79 Å². The van der Waals surface area contributed by atoms with Gasteiger partial charge in [-0.2, -0.15) is 0 Å². The lowest BCUT2D eigenvalue weighted by Gasteiger charge is -2.20. The Balaban J connectivity index is 1.92. The number of amides is 2. The molecule has 120 valence electrons. The van der Waals surface area contributed by atoms with E-state index in [0.29, 0.717) is 13.1 Å². The molecule has 5 nitrogen and oxygen atoms in total. The van der Waals surface area contributed by atoms with Crippen LogP contribution in [0.2, 0.25) is 0 Å². The standard InChI is InChI=1S/C17H24N2O3/c1-12(20)19-11-13(14-7-5-6-8-15(14)19)9-10-18-16(21)22-17(2,3)4/h5-8,13H,9-11H2,1-4H3,(H,18,21). The number of para-hydroxylation sites is 1. The second-order valence-corrected chi connectivity index (χ2v) is 6.60. The fourth-order valence-corrected chi connectivity index (χ4v) is 2.70. The number of rotatable bonds is 3. The first-order chi connectivity index (χ1) is 10.3. The van der Waals surface area contributed by atoms with Gasteiger partial charge in [-0.05, 0) is 38.8 Å². The van der Waals surface area contributed by atoms with Crippen molar-refractivity contribution in [3.8, 4) is 0 Å². The maximum Gasteiger partial charge on any atom is 0.407 e. The SMILES string of the molecule is CC(=O)N1CC(CCNC(=O)OC(C)(C)C)c2ccccc21. The fourth-order valence-electron chi connectivity index (χ4n) is 2.70. The van der Waals surface area contributed by atoms with Crippen LogP contribution in [0.1, 0.15) is 45.6 Å². The minimum Gasteiger partial charge on any atom is -0.444 e. The molecule has 1 aliphatic heterocycles. The van der Waals surface area contributed by atoms with Crippen LogP contribution in [0.5, 0.6) is 0 Å². The predicted octanol–water partition coefficient (Wildman–Crippen LogP) is 3.05. The van der Waals surface area contributed by atoms with E-state index < -0.39 is 11.7 Å². The molecular formula is C17H24N2O3.